The lowest BCUT2D eigenvalue weighted by atomic mass is 9.99. The second-order valence-corrected chi connectivity index (χ2v) is 5.03. The van der Waals surface area contributed by atoms with Crippen LogP contribution in [0.25, 0.3) is 0 Å². The fourth-order valence-corrected chi connectivity index (χ4v) is 2.59. The second-order valence-electron chi connectivity index (χ2n) is 5.03. The van der Waals surface area contributed by atoms with Crippen LogP contribution in [0.5, 0.6) is 5.75 Å². The maximum absolute atomic E-state index is 12.5. The molecular weight excluding hydrogens is 258 g/mol. The zero-order valence-corrected chi connectivity index (χ0v) is 11.7. The summed E-state index contributed by atoms with van der Waals surface area (Å²) in [6.07, 6.45) is 1.28. The fourth-order valence-electron chi connectivity index (χ4n) is 2.59. The highest BCUT2D eigenvalue weighted by atomic mass is 16.5. The lowest BCUT2D eigenvalue weighted by Gasteiger charge is -2.25. The molecule has 1 aromatic rings. The van der Waals surface area contributed by atoms with Crippen molar-refractivity contribution in [3.8, 4) is 5.75 Å². The van der Waals surface area contributed by atoms with E-state index in [1.807, 2.05) is 24.3 Å². The SMILES string of the molecule is COc1cccc([C@H](C)C(=O)N2CCC[C@H]2C(=O)O)c1. The average molecular weight is 277 g/mol. The number of hydrogen-bond acceptors (Lipinski definition) is 3. The van der Waals surface area contributed by atoms with Crippen molar-refractivity contribution >= 4 is 11.9 Å². The van der Waals surface area contributed by atoms with E-state index in [9.17, 15) is 9.59 Å². The van der Waals surface area contributed by atoms with Gasteiger partial charge in [-0.05, 0) is 37.5 Å². The lowest BCUT2D eigenvalue weighted by Crippen LogP contribution is -2.42. The van der Waals surface area contributed by atoms with E-state index in [2.05, 4.69) is 0 Å². The van der Waals surface area contributed by atoms with Crippen LogP contribution in [0, 0.1) is 0 Å². The number of hydrogen-bond donors (Lipinski definition) is 1. The Morgan fingerprint density at radius 3 is 2.85 bits per heavy atom. The topological polar surface area (TPSA) is 66.8 Å². The van der Waals surface area contributed by atoms with E-state index in [-0.39, 0.29) is 11.8 Å². The summed E-state index contributed by atoms with van der Waals surface area (Å²) < 4.78 is 5.15. The molecule has 0 aliphatic carbocycles. The predicted molar refractivity (Wildman–Crippen MR) is 73.8 cm³/mol. The quantitative estimate of drug-likeness (QED) is 0.912. The molecule has 0 aromatic heterocycles. The van der Waals surface area contributed by atoms with Gasteiger partial charge in [-0.3, -0.25) is 4.79 Å². The minimum absolute atomic E-state index is 0.136. The number of carboxylic acid groups (broad SMARTS) is 1. The van der Waals surface area contributed by atoms with Gasteiger partial charge in [0.15, 0.2) is 0 Å². The molecule has 2 rings (SSSR count). The number of amides is 1. The van der Waals surface area contributed by atoms with Gasteiger partial charge in [-0.25, -0.2) is 4.79 Å². The molecule has 1 aromatic carbocycles. The minimum Gasteiger partial charge on any atom is -0.497 e. The summed E-state index contributed by atoms with van der Waals surface area (Å²) in [5, 5.41) is 9.15. The number of ether oxygens (including phenoxy) is 1. The van der Waals surface area contributed by atoms with Gasteiger partial charge >= 0.3 is 5.97 Å². The van der Waals surface area contributed by atoms with Crippen molar-refractivity contribution in [3.05, 3.63) is 29.8 Å². The van der Waals surface area contributed by atoms with Gasteiger partial charge in [-0.1, -0.05) is 12.1 Å². The molecule has 0 saturated carbocycles. The van der Waals surface area contributed by atoms with Crippen LogP contribution in [-0.2, 0) is 9.59 Å². The Morgan fingerprint density at radius 2 is 2.20 bits per heavy atom. The van der Waals surface area contributed by atoms with Gasteiger partial charge in [0.05, 0.1) is 13.0 Å². The third-order valence-corrected chi connectivity index (χ3v) is 3.79. The first-order valence-electron chi connectivity index (χ1n) is 6.72. The Bertz CT molecular complexity index is 514. The van der Waals surface area contributed by atoms with Crippen LogP contribution in [0.4, 0.5) is 0 Å². The van der Waals surface area contributed by atoms with Crippen LogP contribution < -0.4 is 4.74 Å². The molecule has 2 atom stereocenters. The van der Waals surface area contributed by atoms with Gasteiger partial charge in [0.2, 0.25) is 5.91 Å². The van der Waals surface area contributed by atoms with E-state index >= 15 is 0 Å². The highest BCUT2D eigenvalue weighted by Crippen LogP contribution is 2.26. The first-order valence-corrected chi connectivity index (χ1v) is 6.72. The van der Waals surface area contributed by atoms with Crippen LogP contribution in [0.1, 0.15) is 31.2 Å². The van der Waals surface area contributed by atoms with Crippen LogP contribution in [0.2, 0.25) is 0 Å². The largest absolute Gasteiger partial charge is 0.497 e. The smallest absolute Gasteiger partial charge is 0.326 e. The van der Waals surface area contributed by atoms with Gasteiger partial charge in [-0.15, -0.1) is 0 Å². The first kappa shape index (κ1) is 14.4. The van der Waals surface area contributed by atoms with E-state index in [1.54, 1.807) is 14.0 Å². The van der Waals surface area contributed by atoms with Crippen molar-refractivity contribution in [3.63, 3.8) is 0 Å². The van der Waals surface area contributed by atoms with Crippen LogP contribution in [-0.4, -0.2) is 41.6 Å². The first-order chi connectivity index (χ1) is 9.54. The summed E-state index contributed by atoms with van der Waals surface area (Å²) in [5.41, 5.74) is 0.838. The number of rotatable bonds is 4. The Balaban J connectivity index is 2.17. The Morgan fingerprint density at radius 1 is 1.45 bits per heavy atom. The molecule has 5 nitrogen and oxygen atoms in total. The molecule has 1 amide bonds. The highest BCUT2D eigenvalue weighted by Gasteiger charge is 2.36. The summed E-state index contributed by atoms with van der Waals surface area (Å²) in [5.74, 6) is -0.736. The van der Waals surface area contributed by atoms with Gasteiger partial charge in [0.25, 0.3) is 0 Å². The molecule has 0 unspecified atom stereocenters. The van der Waals surface area contributed by atoms with E-state index < -0.39 is 12.0 Å². The molecule has 0 spiro atoms. The highest BCUT2D eigenvalue weighted by molar-refractivity contribution is 5.88. The van der Waals surface area contributed by atoms with E-state index in [0.29, 0.717) is 18.7 Å². The summed E-state index contributed by atoms with van der Waals surface area (Å²) >= 11 is 0. The third-order valence-electron chi connectivity index (χ3n) is 3.79. The summed E-state index contributed by atoms with van der Waals surface area (Å²) in [6, 6.07) is 6.63. The molecule has 0 bridgehead atoms. The molecule has 1 aliphatic rings. The number of nitrogens with zero attached hydrogens (tertiary/aromatic N) is 1. The van der Waals surface area contributed by atoms with E-state index in [4.69, 9.17) is 9.84 Å². The standard InChI is InChI=1S/C15H19NO4/c1-10(11-5-3-6-12(9-11)20-2)14(17)16-8-4-7-13(16)15(18)19/h3,5-6,9-10,13H,4,7-8H2,1-2H3,(H,18,19)/t10-,13-/m0/s1. The van der Waals surface area contributed by atoms with Gasteiger partial charge < -0.3 is 14.7 Å². The molecule has 5 heteroatoms. The molecule has 1 fully saturated rings. The summed E-state index contributed by atoms with van der Waals surface area (Å²) in [4.78, 5) is 25.1. The summed E-state index contributed by atoms with van der Waals surface area (Å²) in [7, 11) is 1.58. The van der Waals surface area contributed by atoms with Crippen LogP contribution in [0.15, 0.2) is 24.3 Å². The number of aliphatic carboxylic acids is 1. The molecule has 1 heterocycles. The van der Waals surface area contributed by atoms with Gasteiger partial charge in [-0.2, -0.15) is 0 Å². The van der Waals surface area contributed by atoms with Crippen LogP contribution in [0.3, 0.4) is 0 Å². The molecule has 1 saturated heterocycles. The number of methoxy groups -OCH3 is 1. The predicted octanol–water partition coefficient (Wildman–Crippen LogP) is 1.87. The number of carbonyl (C=O) groups excluding carboxylic acids is 1. The Hall–Kier alpha value is -2.04. The molecule has 1 aliphatic heterocycles. The zero-order valence-electron chi connectivity index (χ0n) is 11.7. The van der Waals surface area contributed by atoms with Crippen molar-refractivity contribution < 1.29 is 19.4 Å². The van der Waals surface area contributed by atoms with Crippen molar-refractivity contribution in [2.45, 2.75) is 31.7 Å². The maximum atomic E-state index is 12.5. The molecule has 0 radical (unpaired) electrons. The maximum Gasteiger partial charge on any atom is 0.326 e. The van der Waals surface area contributed by atoms with E-state index in [1.165, 1.54) is 4.90 Å². The third kappa shape index (κ3) is 2.76. The molecule has 108 valence electrons. The van der Waals surface area contributed by atoms with Crippen molar-refractivity contribution in [2.75, 3.05) is 13.7 Å². The van der Waals surface area contributed by atoms with Crippen molar-refractivity contribution in [1.29, 1.82) is 0 Å². The molecule has 1 N–H and O–H groups in total. The van der Waals surface area contributed by atoms with E-state index in [0.717, 1.165) is 12.0 Å². The van der Waals surface area contributed by atoms with Crippen LogP contribution >= 0.6 is 0 Å². The van der Waals surface area contributed by atoms with Crippen molar-refractivity contribution in [1.82, 2.24) is 4.90 Å². The summed E-state index contributed by atoms with van der Waals surface area (Å²) in [6.45, 7) is 2.32. The molecular formula is C15H19NO4. The van der Waals surface area contributed by atoms with Crippen molar-refractivity contribution in [2.24, 2.45) is 0 Å². The monoisotopic (exact) mass is 277 g/mol. The molecule has 20 heavy (non-hydrogen) atoms. The fraction of sp³-hybridized carbons (Fsp3) is 0.467. The van der Waals surface area contributed by atoms with Gasteiger partial charge in [0, 0.05) is 6.54 Å². The Kier molecular flexibility index (Phi) is 4.27. The lowest BCUT2D eigenvalue weighted by molar-refractivity contribution is -0.148. The number of carbonyl (C=O) groups is 2. The van der Waals surface area contributed by atoms with Gasteiger partial charge in [0.1, 0.15) is 11.8 Å². The number of carboxylic acids is 1. The number of likely N-dealkylation sites (tertiary alicyclic amines) is 1. The minimum atomic E-state index is -0.923. The average Bonchev–Trinajstić information content (AvgIpc) is 2.95. The second kappa shape index (κ2) is 5.94. The number of benzene rings is 1. The Labute approximate surface area is 118 Å². The normalized spacial score (nSPS) is 19.7. The zero-order chi connectivity index (χ0) is 14.7.